The number of aryl methyl sites for hydroxylation is 1. The van der Waals surface area contributed by atoms with E-state index >= 15 is 0 Å². The van der Waals surface area contributed by atoms with Gasteiger partial charge in [-0.2, -0.15) is 0 Å². The number of sulfonamides is 1. The molecule has 0 saturated heterocycles. The van der Waals surface area contributed by atoms with Gasteiger partial charge in [-0.25, -0.2) is 12.7 Å². The van der Waals surface area contributed by atoms with Crippen molar-refractivity contribution < 1.29 is 13.2 Å². The number of nitrogens with zero attached hydrogens (tertiary/aromatic N) is 2. The molecule has 27 heavy (non-hydrogen) atoms. The third-order valence-electron chi connectivity index (χ3n) is 4.24. The molecule has 0 radical (unpaired) electrons. The van der Waals surface area contributed by atoms with Crippen LogP contribution >= 0.6 is 0 Å². The van der Waals surface area contributed by atoms with Crippen molar-refractivity contribution in [2.24, 2.45) is 4.99 Å². The number of rotatable bonds is 11. The van der Waals surface area contributed by atoms with Crippen molar-refractivity contribution in [2.75, 3.05) is 45.6 Å². The van der Waals surface area contributed by atoms with Crippen LogP contribution in [0.2, 0.25) is 0 Å². The third-order valence-corrected chi connectivity index (χ3v) is 6.24. The largest absolute Gasteiger partial charge is 0.496 e. The zero-order valence-corrected chi connectivity index (χ0v) is 18.0. The van der Waals surface area contributed by atoms with E-state index in [1.807, 2.05) is 39.8 Å². The zero-order chi connectivity index (χ0) is 20.3. The van der Waals surface area contributed by atoms with Crippen molar-refractivity contribution in [3.05, 3.63) is 29.3 Å². The van der Waals surface area contributed by atoms with Crippen LogP contribution in [-0.4, -0.2) is 64.3 Å². The molecule has 0 saturated carbocycles. The predicted octanol–water partition coefficient (Wildman–Crippen LogP) is 1.77. The lowest BCUT2D eigenvalue weighted by molar-refractivity contribution is 0.411. The lowest BCUT2D eigenvalue weighted by Gasteiger charge is -2.18. The summed E-state index contributed by atoms with van der Waals surface area (Å²) in [5, 5.41) is 6.40. The Morgan fingerprint density at radius 2 is 1.89 bits per heavy atom. The third kappa shape index (κ3) is 7.76. The Morgan fingerprint density at radius 1 is 1.19 bits per heavy atom. The summed E-state index contributed by atoms with van der Waals surface area (Å²) in [5.74, 6) is 1.53. The molecule has 0 aromatic heterocycles. The van der Waals surface area contributed by atoms with E-state index in [2.05, 4.69) is 21.7 Å². The van der Waals surface area contributed by atoms with E-state index in [-0.39, 0.29) is 12.3 Å². The van der Waals surface area contributed by atoms with Gasteiger partial charge in [-0.3, -0.25) is 4.99 Å². The van der Waals surface area contributed by atoms with Crippen molar-refractivity contribution in [3.63, 3.8) is 0 Å². The number of guanidine groups is 1. The minimum Gasteiger partial charge on any atom is -0.496 e. The van der Waals surface area contributed by atoms with E-state index in [4.69, 9.17) is 4.74 Å². The number of nitrogens with one attached hydrogen (secondary N) is 2. The van der Waals surface area contributed by atoms with Crippen molar-refractivity contribution in [1.82, 2.24) is 14.9 Å². The molecule has 0 aliphatic carbocycles. The Labute approximate surface area is 164 Å². The van der Waals surface area contributed by atoms with Crippen LogP contribution in [0.25, 0.3) is 0 Å². The van der Waals surface area contributed by atoms with Crippen molar-refractivity contribution in [2.45, 2.75) is 34.1 Å². The lowest BCUT2D eigenvalue weighted by atomic mass is 10.1. The number of ether oxygens (including phenoxy) is 1. The van der Waals surface area contributed by atoms with Gasteiger partial charge in [0.25, 0.3) is 0 Å². The van der Waals surface area contributed by atoms with Crippen LogP contribution in [0.15, 0.2) is 23.2 Å². The van der Waals surface area contributed by atoms with Crippen LogP contribution in [0.4, 0.5) is 0 Å². The molecule has 7 nitrogen and oxygen atoms in total. The quantitative estimate of drug-likeness (QED) is 0.438. The molecule has 0 amide bonds. The smallest absolute Gasteiger partial charge is 0.215 e. The Morgan fingerprint density at radius 3 is 2.48 bits per heavy atom. The first-order valence-corrected chi connectivity index (χ1v) is 11.1. The van der Waals surface area contributed by atoms with E-state index in [9.17, 15) is 8.42 Å². The molecule has 0 heterocycles. The van der Waals surface area contributed by atoms with Gasteiger partial charge in [-0.1, -0.05) is 26.0 Å². The van der Waals surface area contributed by atoms with E-state index in [1.54, 1.807) is 7.11 Å². The molecule has 0 unspecified atom stereocenters. The summed E-state index contributed by atoms with van der Waals surface area (Å²) in [6.45, 7) is 10.3. The standard InChI is InChI=1S/C19H34N4O3S/c1-6-20-19(22-13-14-27(24,25)23(7-2)8-3)21-12-11-17-10-9-16(4)18(15-17)26-5/h9-10,15H,6-8,11-14H2,1-5H3,(H2,20,21,22). The van der Waals surface area contributed by atoms with Gasteiger partial charge >= 0.3 is 0 Å². The summed E-state index contributed by atoms with van der Waals surface area (Å²) in [7, 11) is -1.58. The van der Waals surface area contributed by atoms with Gasteiger partial charge in [0.1, 0.15) is 5.75 Å². The molecule has 0 aliphatic rings. The van der Waals surface area contributed by atoms with E-state index in [0.29, 0.717) is 32.1 Å². The van der Waals surface area contributed by atoms with Gasteiger partial charge in [0.05, 0.1) is 19.4 Å². The van der Waals surface area contributed by atoms with Crippen molar-refractivity contribution in [1.29, 1.82) is 0 Å². The number of methoxy groups -OCH3 is 1. The van der Waals surface area contributed by atoms with Crippen LogP contribution in [0.5, 0.6) is 5.75 Å². The fraction of sp³-hybridized carbons (Fsp3) is 0.632. The zero-order valence-electron chi connectivity index (χ0n) is 17.2. The number of hydrogen-bond acceptors (Lipinski definition) is 4. The number of benzene rings is 1. The summed E-state index contributed by atoms with van der Waals surface area (Å²) in [6, 6.07) is 6.17. The summed E-state index contributed by atoms with van der Waals surface area (Å²) >= 11 is 0. The molecule has 154 valence electrons. The highest BCUT2D eigenvalue weighted by Gasteiger charge is 2.17. The monoisotopic (exact) mass is 398 g/mol. The van der Waals surface area contributed by atoms with Crippen LogP contribution < -0.4 is 15.4 Å². The lowest BCUT2D eigenvalue weighted by Crippen LogP contribution is -2.39. The van der Waals surface area contributed by atoms with E-state index in [0.717, 1.165) is 17.7 Å². The summed E-state index contributed by atoms with van der Waals surface area (Å²) in [6.07, 6.45) is 0.818. The highest BCUT2D eigenvalue weighted by molar-refractivity contribution is 7.89. The molecule has 1 rings (SSSR count). The predicted molar refractivity (Wildman–Crippen MR) is 112 cm³/mol. The van der Waals surface area contributed by atoms with Crippen LogP contribution in [0, 0.1) is 6.92 Å². The molecule has 0 fully saturated rings. The number of aliphatic imine (C=N–C) groups is 1. The Hall–Kier alpha value is -1.80. The molecule has 0 spiro atoms. The summed E-state index contributed by atoms with van der Waals surface area (Å²) < 4.78 is 31.3. The second kappa shape index (κ2) is 11.8. The molecular formula is C19H34N4O3S. The first kappa shape index (κ1) is 23.2. The van der Waals surface area contributed by atoms with Crippen LogP contribution in [-0.2, 0) is 16.4 Å². The molecule has 8 heteroatoms. The normalized spacial score (nSPS) is 12.3. The van der Waals surface area contributed by atoms with Gasteiger partial charge in [-0.15, -0.1) is 0 Å². The fourth-order valence-corrected chi connectivity index (χ4v) is 4.07. The van der Waals surface area contributed by atoms with Crippen LogP contribution in [0.3, 0.4) is 0 Å². The van der Waals surface area contributed by atoms with Crippen molar-refractivity contribution in [3.8, 4) is 5.75 Å². The molecule has 0 aliphatic heterocycles. The van der Waals surface area contributed by atoms with Gasteiger partial charge in [-0.05, 0) is 37.5 Å². The molecule has 0 bridgehead atoms. The van der Waals surface area contributed by atoms with Gasteiger partial charge in [0, 0.05) is 26.2 Å². The highest BCUT2D eigenvalue weighted by atomic mass is 32.2. The van der Waals surface area contributed by atoms with Gasteiger partial charge in [0.2, 0.25) is 10.0 Å². The van der Waals surface area contributed by atoms with Crippen molar-refractivity contribution >= 4 is 16.0 Å². The van der Waals surface area contributed by atoms with Gasteiger partial charge in [0.15, 0.2) is 5.96 Å². The Kier molecular flexibility index (Phi) is 10.2. The molecule has 1 aromatic rings. The molecule has 2 N–H and O–H groups in total. The second-order valence-electron chi connectivity index (χ2n) is 6.14. The number of hydrogen-bond donors (Lipinski definition) is 2. The maximum Gasteiger partial charge on any atom is 0.215 e. The molecular weight excluding hydrogens is 364 g/mol. The maximum absolute atomic E-state index is 12.2. The molecule has 0 atom stereocenters. The average molecular weight is 399 g/mol. The first-order valence-electron chi connectivity index (χ1n) is 9.51. The highest BCUT2D eigenvalue weighted by Crippen LogP contribution is 2.18. The fourth-order valence-electron chi connectivity index (χ4n) is 2.71. The van der Waals surface area contributed by atoms with E-state index < -0.39 is 10.0 Å². The van der Waals surface area contributed by atoms with Gasteiger partial charge < -0.3 is 15.4 Å². The average Bonchev–Trinajstić information content (AvgIpc) is 2.63. The first-order chi connectivity index (χ1) is 12.9. The Bertz CT molecular complexity index is 701. The Balaban J connectivity index is 2.59. The summed E-state index contributed by atoms with van der Waals surface area (Å²) in [5.41, 5.74) is 2.28. The minimum absolute atomic E-state index is 0.0143. The minimum atomic E-state index is -3.25. The summed E-state index contributed by atoms with van der Waals surface area (Å²) in [4.78, 5) is 4.39. The van der Waals surface area contributed by atoms with Crippen LogP contribution in [0.1, 0.15) is 31.9 Å². The topological polar surface area (TPSA) is 83.0 Å². The maximum atomic E-state index is 12.2. The molecule has 1 aromatic carbocycles. The second-order valence-corrected chi connectivity index (χ2v) is 8.23. The SMILES string of the molecule is CCNC(=NCCS(=O)(=O)N(CC)CC)NCCc1ccc(C)c(OC)c1. The van der Waals surface area contributed by atoms with E-state index in [1.165, 1.54) is 9.87 Å².